The lowest BCUT2D eigenvalue weighted by molar-refractivity contribution is 0.636. The first-order valence-electron chi connectivity index (χ1n) is 21.0. The van der Waals surface area contributed by atoms with Crippen LogP contribution < -0.4 is 20.7 Å². The fourth-order valence-electron chi connectivity index (χ4n) is 9.54. The third-order valence-electron chi connectivity index (χ3n) is 12.0. The molecule has 4 nitrogen and oxygen atoms in total. The maximum Gasteiger partial charge on any atom is 0.179 e. The van der Waals surface area contributed by atoms with Gasteiger partial charge in [-0.25, -0.2) is 0 Å². The van der Waals surface area contributed by atoms with Crippen LogP contribution in [-0.4, -0.2) is 27.2 Å². The number of benzene rings is 6. The Balaban J connectivity index is 1.14. The Morgan fingerprint density at radius 1 is 0.390 bits per heavy atom. The van der Waals surface area contributed by atoms with Crippen LogP contribution in [0.15, 0.2) is 182 Å². The normalized spacial score (nSPS) is 12.2. The predicted octanol–water partition coefficient (Wildman–Crippen LogP) is 10.4. The molecule has 0 bridgehead atoms. The molecule has 0 spiro atoms. The van der Waals surface area contributed by atoms with E-state index in [0.29, 0.717) is 11.8 Å². The van der Waals surface area contributed by atoms with Crippen molar-refractivity contribution in [2.24, 2.45) is 11.8 Å². The molecular formula is C54H48N4Si. The molecule has 10 aromatic rings. The van der Waals surface area contributed by atoms with E-state index in [4.69, 9.17) is 9.97 Å². The highest BCUT2D eigenvalue weighted by Crippen LogP contribution is 2.34. The first kappa shape index (κ1) is 36.8. The summed E-state index contributed by atoms with van der Waals surface area (Å²) in [5, 5.41) is 10.4. The third kappa shape index (κ3) is 6.28. The zero-order chi connectivity index (χ0) is 40.1. The SMILES string of the molecule is CC(C)Cc1cc2c3ccccc3n(-c3ccc([Si](c4ccccc4)(c4ccccc4)c4ccc(-n5c6ccccc6c6cc(CC(C)C)ncc65)cc4)cc3)c2cn1. The number of fused-ring (bicyclic) bond motifs is 6. The van der Waals surface area contributed by atoms with Crippen LogP contribution in [0.4, 0.5) is 0 Å². The highest BCUT2D eigenvalue weighted by Gasteiger charge is 2.41. The van der Waals surface area contributed by atoms with Crippen LogP contribution in [0.5, 0.6) is 0 Å². The van der Waals surface area contributed by atoms with E-state index in [0.717, 1.165) is 46.6 Å². The molecule has 0 N–H and O–H groups in total. The molecule has 5 heteroatoms. The van der Waals surface area contributed by atoms with Gasteiger partial charge in [0.2, 0.25) is 0 Å². The van der Waals surface area contributed by atoms with Crippen molar-refractivity contribution < 1.29 is 0 Å². The van der Waals surface area contributed by atoms with Gasteiger partial charge in [0.25, 0.3) is 0 Å². The summed E-state index contributed by atoms with van der Waals surface area (Å²) >= 11 is 0. The topological polar surface area (TPSA) is 35.6 Å². The van der Waals surface area contributed by atoms with Gasteiger partial charge in [-0.3, -0.25) is 9.97 Å². The van der Waals surface area contributed by atoms with Crippen LogP contribution in [0, 0.1) is 11.8 Å². The van der Waals surface area contributed by atoms with Gasteiger partial charge in [0.1, 0.15) is 0 Å². The van der Waals surface area contributed by atoms with Crippen molar-refractivity contribution in [3.05, 3.63) is 194 Å². The van der Waals surface area contributed by atoms with Crippen molar-refractivity contribution in [1.29, 1.82) is 0 Å². The number of pyridine rings is 2. The van der Waals surface area contributed by atoms with E-state index in [-0.39, 0.29) is 0 Å². The van der Waals surface area contributed by atoms with E-state index in [1.165, 1.54) is 53.3 Å². The molecule has 6 aromatic carbocycles. The van der Waals surface area contributed by atoms with Crippen LogP contribution in [0.3, 0.4) is 0 Å². The second-order valence-electron chi connectivity index (χ2n) is 16.9. The van der Waals surface area contributed by atoms with Gasteiger partial charge in [0.15, 0.2) is 8.07 Å². The number of para-hydroxylation sites is 2. The molecule has 0 radical (unpaired) electrons. The molecule has 0 aliphatic carbocycles. The van der Waals surface area contributed by atoms with Crippen LogP contribution in [-0.2, 0) is 12.8 Å². The highest BCUT2D eigenvalue weighted by molar-refractivity contribution is 7.19. The van der Waals surface area contributed by atoms with Crippen LogP contribution in [0.2, 0.25) is 0 Å². The molecule has 0 aliphatic heterocycles. The maximum absolute atomic E-state index is 4.96. The number of hydrogen-bond donors (Lipinski definition) is 0. The first-order chi connectivity index (χ1) is 28.9. The van der Waals surface area contributed by atoms with Crippen molar-refractivity contribution >= 4 is 72.4 Å². The smallest absolute Gasteiger partial charge is 0.179 e. The summed E-state index contributed by atoms with van der Waals surface area (Å²) in [6.45, 7) is 9.02. The summed E-state index contributed by atoms with van der Waals surface area (Å²) in [7, 11) is -2.82. The molecule has 0 unspecified atom stereocenters. The standard InChI is InChI=1S/C54H48N4Si/c1-37(2)31-39-33-49-47-19-11-13-21-51(47)57(53(49)35-55-39)41-23-27-45(28-24-41)59(43-15-7-5-8-16-43,44-17-9-6-10-18-44)46-29-25-42(26-30-46)58-52-22-14-12-20-48(52)50-34-40(32-38(3)4)56-36-54(50)58/h5-30,33-38H,31-32H2,1-4H3. The second-order valence-corrected chi connectivity index (χ2v) is 20.7. The van der Waals surface area contributed by atoms with E-state index >= 15 is 0 Å². The van der Waals surface area contributed by atoms with E-state index < -0.39 is 8.07 Å². The summed E-state index contributed by atoms with van der Waals surface area (Å²) in [4.78, 5) is 9.92. The Kier molecular flexibility index (Phi) is 9.34. The minimum Gasteiger partial charge on any atom is -0.308 e. The fourth-order valence-corrected chi connectivity index (χ4v) is 14.3. The number of aromatic nitrogens is 4. The molecule has 0 saturated carbocycles. The molecule has 0 atom stereocenters. The zero-order valence-corrected chi connectivity index (χ0v) is 35.2. The van der Waals surface area contributed by atoms with Gasteiger partial charge in [-0.2, -0.15) is 0 Å². The van der Waals surface area contributed by atoms with Gasteiger partial charge < -0.3 is 9.13 Å². The predicted molar refractivity (Wildman–Crippen MR) is 251 cm³/mol. The Labute approximate surface area is 347 Å². The van der Waals surface area contributed by atoms with Crippen molar-refractivity contribution in [2.45, 2.75) is 40.5 Å². The van der Waals surface area contributed by atoms with Crippen LogP contribution >= 0.6 is 0 Å². The molecule has 4 aromatic heterocycles. The molecule has 0 aliphatic rings. The van der Waals surface area contributed by atoms with Gasteiger partial charge >= 0.3 is 0 Å². The van der Waals surface area contributed by atoms with Crippen molar-refractivity contribution in [2.75, 3.05) is 0 Å². The molecular weight excluding hydrogens is 733 g/mol. The summed E-state index contributed by atoms with van der Waals surface area (Å²) < 4.78 is 4.77. The zero-order valence-electron chi connectivity index (χ0n) is 34.2. The van der Waals surface area contributed by atoms with E-state index in [2.05, 4.69) is 219 Å². The third-order valence-corrected chi connectivity index (χ3v) is 16.8. The molecule has 10 rings (SSSR count). The average Bonchev–Trinajstić information content (AvgIpc) is 3.77. The maximum atomic E-state index is 4.96. The molecule has 0 amide bonds. The Hall–Kier alpha value is -6.56. The van der Waals surface area contributed by atoms with Crippen LogP contribution in [0.1, 0.15) is 39.1 Å². The van der Waals surface area contributed by atoms with Gasteiger partial charge in [0, 0.05) is 44.3 Å². The van der Waals surface area contributed by atoms with E-state index in [9.17, 15) is 0 Å². The van der Waals surface area contributed by atoms with Gasteiger partial charge in [-0.05, 0) is 94.0 Å². The lowest BCUT2D eigenvalue weighted by Gasteiger charge is -2.34. The molecule has 59 heavy (non-hydrogen) atoms. The monoisotopic (exact) mass is 780 g/mol. The highest BCUT2D eigenvalue weighted by atomic mass is 28.3. The molecule has 288 valence electrons. The number of rotatable bonds is 10. The molecule has 0 saturated heterocycles. The average molecular weight is 781 g/mol. The summed E-state index contributed by atoms with van der Waals surface area (Å²) in [6, 6.07) is 63.4. The minimum absolute atomic E-state index is 0.546. The largest absolute Gasteiger partial charge is 0.308 e. The summed E-state index contributed by atoms with van der Waals surface area (Å²) in [5.41, 5.74) is 9.21. The lowest BCUT2D eigenvalue weighted by Crippen LogP contribution is -2.74. The molecule has 0 fully saturated rings. The summed E-state index contributed by atoms with van der Waals surface area (Å²) in [5.74, 6) is 1.09. The van der Waals surface area contributed by atoms with Crippen molar-refractivity contribution in [3.8, 4) is 11.4 Å². The Morgan fingerprint density at radius 3 is 1.14 bits per heavy atom. The van der Waals surface area contributed by atoms with Gasteiger partial charge in [-0.15, -0.1) is 0 Å². The van der Waals surface area contributed by atoms with Crippen LogP contribution in [0.25, 0.3) is 55.0 Å². The Morgan fingerprint density at radius 2 is 0.746 bits per heavy atom. The van der Waals surface area contributed by atoms with Gasteiger partial charge in [-0.1, -0.05) is 149 Å². The van der Waals surface area contributed by atoms with Gasteiger partial charge in [0.05, 0.1) is 34.5 Å². The lowest BCUT2D eigenvalue weighted by atomic mass is 10.1. The van der Waals surface area contributed by atoms with E-state index in [1.807, 2.05) is 0 Å². The quantitative estimate of drug-likeness (QED) is 0.102. The second kappa shape index (κ2) is 15.0. The van der Waals surface area contributed by atoms with Crippen molar-refractivity contribution in [1.82, 2.24) is 19.1 Å². The Bertz CT molecular complexity index is 2870. The fraction of sp³-hybridized carbons (Fsp3) is 0.148. The number of nitrogens with zero attached hydrogens (tertiary/aromatic N) is 4. The minimum atomic E-state index is -2.82. The summed E-state index contributed by atoms with van der Waals surface area (Å²) in [6.07, 6.45) is 6.08. The first-order valence-corrected chi connectivity index (χ1v) is 23.0. The molecule has 4 heterocycles. The number of hydrogen-bond acceptors (Lipinski definition) is 2. The van der Waals surface area contributed by atoms with Crippen molar-refractivity contribution in [3.63, 3.8) is 0 Å². The van der Waals surface area contributed by atoms with E-state index in [1.54, 1.807) is 0 Å².